The summed E-state index contributed by atoms with van der Waals surface area (Å²) in [5.41, 5.74) is 4.99. The quantitative estimate of drug-likeness (QED) is 0.545. The monoisotopic (exact) mass is 270 g/mol. The summed E-state index contributed by atoms with van der Waals surface area (Å²) >= 11 is 0. The molecule has 0 radical (unpaired) electrons. The van der Waals surface area contributed by atoms with Crippen molar-refractivity contribution in [3.8, 4) is 0 Å². The topological polar surface area (TPSA) is 73.6 Å². The summed E-state index contributed by atoms with van der Waals surface area (Å²) < 4.78 is 11.0. The van der Waals surface area contributed by atoms with Crippen LogP contribution in [-0.2, 0) is 14.3 Å². The van der Waals surface area contributed by atoms with Crippen molar-refractivity contribution < 1.29 is 14.3 Å². The normalized spacial score (nSPS) is 22.2. The number of primary amides is 1. The summed E-state index contributed by atoms with van der Waals surface area (Å²) in [6.45, 7) is 4.31. The smallest absolute Gasteiger partial charge is 0.240 e. The van der Waals surface area contributed by atoms with E-state index >= 15 is 0 Å². The molecular weight excluding hydrogens is 244 g/mol. The predicted octanol–water partition coefficient (Wildman–Crippen LogP) is 0.816. The Bertz CT molecular complexity index is 303. The first-order valence-corrected chi connectivity index (χ1v) is 7.42. The molecule has 0 aromatic rings. The summed E-state index contributed by atoms with van der Waals surface area (Å²) in [5.74, 6) is 0.0820. The van der Waals surface area contributed by atoms with Crippen LogP contribution < -0.4 is 11.1 Å². The highest BCUT2D eigenvalue weighted by Gasteiger charge is 2.52. The number of rotatable bonds is 11. The summed E-state index contributed by atoms with van der Waals surface area (Å²) in [6, 6.07) is 0.452. The molecule has 2 saturated carbocycles. The third kappa shape index (κ3) is 4.16. The van der Waals surface area contributed by atoms with E-state index in [-0.39, 0.29) is 5.91 Å². The van der Waals surface area contributed by atoms with Crippen molar-refractivity contribution in [2.24, 2.45) is 11.7 Å². The molecule has 0 saturated heterocycles. The van der Waals surface area contributed by atoms with Gasteiger partial charge in [0.25, 0.3) is 0 Å². The molecule has 5 nitrogen and oxygen atoms in total. The van der Waals surface area contributed by atoms with E-state index < -0.39 is 5.54 Å². The highest BCUT2D eigenvalue weighted by Crippen LogP contribution is 2.41. The Labute approximate surface area is 115 Å². The van der Waals surface area contributed by atoms with Crippen LogP contribution in [0.25, 0.3) is 0 Å². The number of carbonyl (C=O) groups is 1. The number of hydrogen-bond acceptors (Lipinski definition) is 4. The van der Waals surface area contributed by atoms with Crippen LogP contribution in [0.2, 0.25) is 0 Å². The molecule has 19 heavy (non-hydrogen) atoms. The van der Waals surface area contributed by atoms with E-state index in [9.17, 15) is 4.79 Å². The van der Waals surface area contributed by atoms with Gasteiger partial charge < -0.3 is 15.2 Å². The fraction of sp³-hybridized carbons (Fsp3) is 0.929. The predicted molar refractivity (Wildman–Crippen MR) is 72.7 cm³/mol. The molecule has 2 aliphatic carbocycles. The fourth-order valence-electron chi connectivity index (χ4n) is 2.39. The number of nitrogens with two attached hydrogens (primary N) is 1. The number of hydrogen-bond donors (Lipinski definition) is 2. The van der Waals surface area contributed by atoms with Crippen molar-refractivity contribution in [1.82, 2.24) is 5.32 Å². The van der Waals surface area contributed by atoms with Gasteiger partial charge in [-0.25, -0.2) is 0 Å². The van der Waals surface area contributed by atoms with Gasteiger partial charge in [-0.05, 0) is 38.0 Å². The summed E-state index contributed by atoms with van der Waals surface area (Å²) in [5, 5.41) is 3.43. The standard InChI is InChI=1S/C14H26N2O3/c1-2-7-18-8-9-19-10-14(13(15)17,11-3-4-11)16-12-5-6-12/h11-12,16H,2-10H2,1H3,(H2,15,17). The Morgan fingerprint density at radius 2 is 1.89 bits per heavy atom. The molecule has 5 heteroatoms. The molecule has 0 spiro atoms. The van der Waals surface area contributed by atoms with Gasteiger partial charge in [0.05, 0.1) is 19.8 Å². The van der Waals surface area contributed by atoms with Crippen LogP contribution >= 0.6 is 0 Å². The van der Waals surface area contributed by atoms with Crippen LogP contribution in [0, 0.1) is 5.92 Å². The highest BCUT2D eigenvalue weighted by molar-refractivity contribution is 5.86. The van der Waals surface area contributed by atoms with Crippen LogP contribution in [0.4, 0.5) is 0 Å². The second-order valence-corrected chi connectivity index (χ2v) is 5.69. The molecule has 2 rings (SSSR count). The van der Waals surface area contributed by atoms with Gasteiger partial charge in [0.2, 0.25) is 5.91 Å². The van der Waals surface area contributed by atoms with E-state index in [2.05, 4.69) is 12.2 Å². The van der Waals surface area contributed by atoms with Crippen molar-refractivity contribution in [2.45, 2.75) is 50.6 Å². The van der Waals surface area contributed by atoms with Crippen molar-refractivity contribution >= 4 is 5.91 Å². The first kappa shape index (κ1) is 14.8. The molecule has 1 atom stereocenters. The van der Waals surface area contributed by atoms with E-state index in [4.69, 9.17) is 15.2 Å². The number of nitrogens with one attached hydrogen (secondary N) is 1. The van der Waals surface area contributed by atoms with Gasteiger partial charge in [-0.15, -0.1) is 0 Å². The molecule has 0 aromatic heterocycles. The van der Waals surface area contributed by atoms with Gasteiger partial charge in [0.1, 0.15) is 5.54 Å². The second kappa shape index (κ2) is 6.68. The molecule has 0 aromatic carbocycles. The van der Waals surface area contributed by atoms with E-state index in [1.54, 1.807) is 0 Å². The highest BCUT2D eigenvalue weighted by atomic mass is 16.5. The SMILES string of the molecule is CCCOCCOCC(NC1CC1)(C(N)=O)C1CC1. The lowest BCUT2D eigenvalue weighted by atomic mass is 9.93. The minimum atomic E-state index is -0.647. The first-order chi connectivity index (χ1) is 9.19. The van der Waals surface area contributed by atoms with Gasteiger partial charge in [-0.1, -0.05) is 6.92 Å². The lowest BCUT2D eigenvalue weighted by Gasteiger charge is -2.32. The van der Waals surface area contributed by atoms with E-state index in [0.717, 1.165) is 38.7 Å². The fourth-order valence-corrected chi connectivity index (χ4v) is 2.39. The third-order valence-corrected chi connectivity index (χ3v) is 3.80. The van der Waals surface area contributed by atoms with Crippen LogP contribution in [-0.4, -0.2) is 43.9 Å². The molecule has 2 aliphatic rings. The van der Waals surface area contributed by atoms with E-state index in [0.29, 0.717) is 31.8 Å². The van der Waals surface area contributed by atoms with Crippen molar-refractivity contribution in [1.29, 1.82) is 0 Å². The summed E-state index contributed by atoms with van der Waals surface area (Å²) in [7, 11) is 0. The largest absolute Gasteiger partial charge is 0.379 e. The molecule has 0 aliphatic heterocycles. The maximum absolute atomic E-state index is 11.9. The summed E-state index contributed by atoms with van der Waals surface area (Å²) in [4.78, 5) is 11.9. The van der Waals surface area contributed by atoms with Gasteiger partial charge in [0, 0.05) is 12.6 Å². The van der Waals surface area contributed by atoms with E-state index in [1.807, 2.05) is 0 Å². The molecule has 0 bridgehead atoms. The first-order valence-electron chi connectivity index (χ1n) is 7.42. The van der Waals surface area contributed by atoms with E-state index in [1.165, 1.54) is 0 Å². The zero-order valence-corrected chi connectivity index (χ0v) is 11.8. The average molecular weight is 270 g/mol. The number of ether oxygens (including phenoxy) is 2. The van der Waals surface area contributed by atoms with Gasteiger partial charge in [-0.3, -0.25) is 10.1 Å². The lowest BCUT2D eigenvalue weighted by molar-refractivity contribution is -0.128. The maximum atomic E-state index is 11.9. The lowest BCUT2D eigenvalue weighted by Crippen LogP contribution is -2.61. The van der Waals surface area contributed by atoms with Crippen molar-refractivity contribution in [3.05, 3.63) is 0 Å². The Morgan fingerprint density at radius 1 is 1.21 bits per heavy atom. The third-order valence-electron chi connectivity index (χ3n) is 3.80. The minimum absolute atomic E-state index is 0.267. The molecule has 1 unspecified atom stereocenters. The average Bonchev–Trinajstić information content (AvgIpc) is 3.25. The van der Waals surface area contributed by atoms with Crippen LogP contribution in [0.3, 0.4) is 0 Å². The molecule has 110 valence electrons. The maximum Gasteiger partial charge on any atom is 0.240 e. The molecule has 0 heterocycles. The Morgan fingerprint density at radius 3 is 2.42 bits per heavy atom. The van der Waals surface area contributed by atoms with Gasteiger partial charge in [-0.2, -0.15) is 0 Å². The Balaban J connectivity index is 1.77. The zero-order chi connectivity index (χ0) is 13.7. The van der Waals surface area contributed by atoms with Crippen LogP contribution in [0.1, 0.15) is 39.0 Å². The number of amides is 1. The van der Waals surface area contributed by atoms with Gasteiger partial charge >= 0.3 is 0 Å². The van der Waals surface area contributed by atoms with Gasteiger partial charge in [0.15, 0.2) is 0 Å². The molecule has 3 N–H and O–H groups in total. The Hall–Kier alpha value is -0.650. The molecular formula is C14H26N2O3. The minimum Gasteiger partial charge on any atom is -0.379 e. The molecule has 2 fully saturated rings. The summed E-state index contributed by atoms with van der Waals surface area (Å²) in [6.07, 6.45) is 5.43. The number of carbonyl (C=O) groups excluding carboxylic acids is 1. The zero-order valence-electron chi connectivity index (χ0n) is 11.8. The second-order valence-electron chi connectivity index (χ2n) is 5.69. The van der Waals surface area contributed by atoms with Crippen LogP contribution in [0.15, 0.2) is 0 Å². The Kier molecular flexibility index (Phi) is 5.19. The van der Waals surface area contributed by atoms with Crippen LogP contribution in [0.5, 0.6) is 0 Å². The van der Waals surface area contributed by atoms with Crippen molar-refractivity contribution in [3.63, 3.8) is 0 Å². The van der Waals surface area contributed by atoms with Crippen molar-refractivity contribution in [2.75, 3.05) is 26.4 Å². The molecule has 1 amide bonds.